The molecule has 4 rings (SSSR count). The minimum atomic E-state index is -0.223. The summed E-state index contributed by atoms with van der Waals surface area (Å²) in [6.45, 7) is 1.53. The number of aromatic amines is 1. The van der Waals surface area contributed by atoms with Crippen LogP contribution >= 0.6 is 28.3 Å². The molecular weight excluding hydrogens is 420 g/mol. The molecule has 0 aliphatic carbocycles. The van der Waals surface area contributed by atoms with Crippen LogP contribution in [0.25, 0.3) is 10.9 Å². The standard InChI is InChI=1S/C17H17BrN6O.ClH/c18-10-2-1-3-12(8-10)21-15-14-13(4-6-20-16(14)25)22-17(23-15)24-7-5-11(19)9-24;/h1-4,6,8,11H,5,7,9,19H2,(H,20,25)(H,21,22,23);1H/t11-;/m1./s1. The second-order valence-electron chi connectivity index (χ2n) is 6.07. The van der Waals surface area contributed by atoms with Gasteiger partial charge in [0.25, 0.3) is 5.56 Å². The Balaban J connectivity index is 0.00000196. The highest BCUT2D eigenvalue weighted by molar-refractivity contribution is 9.10. The van der Waals surface area contributed by atoms with Crippen molar-refractivity contribution in [2.75, 3.05) is 23.3 Å². The Morgan fingerprint density at radius 3 is 2.88 bits per heavy atom. The Hall–Kier alpha value is -2.16. The molecule has 1 aromatic carbocycles. The third-order valence-corrected chi connectivity index (χ3v) is 4.70. The summed E-state index contributed by atoms with van der Waals surface area (Å²) in [5, 5.41) is 3.68. The molecule has 0 bridgehead atoms. The summed E-state index contributed by atoms with van der Waals surface area (Å²) in [6, 6.07) is 9.61. The molecule has 0 unspecified atom stereocenters. The fourth-order valence-corrected chi connectivity index (χ4v) is 3.38. The van der Waals surface area contributed by atoms with Gasteiger partial charge in [0.15, 0.2) is 0 Å². The van der Waals surface area contributed by atoms with Gasteiger partial charge in [0.05, 0.1) is 5.52 Å². The van der Waals surface area contributed by atoms with Gasteiger partial charge >= 0.3 is 0 Å². The molecule has 1 fully saturated rings. The zero-order chi connectivity index (χ0) is 17.4. The normalized spacial score (nSPS) is 16.5. The number of nitrogens with two attached hydrogens (primary N) is 1. The summed E-state index contributed by atoms with van der Waals surface area (Å²) in [6.07, 6.45) is 2.51. The molecule has 1 saturated heterocycles. The van der Waals surface area contributed by atoms with Crippen LogP contribution in [-0.2, 0) is 0 Å². The minimum absolute atomic E-state index is 0. The first-order valence-electron chi connectivity index (χ1n) is 8.03. The Kier molecular flexibility index (Phi) is 5.45. The van der Waals surface area contributed by atoms with E-state index in [-0.39, 0.29) is 24.0 Å². The number of benzene rings is 1. The van der Waals surface area contributed by atoms with Crippen LogP contribution in [-0.4, -0.2) is 34.1 Å². The van der Waals surface area contributed by atoms with Crippen LogP contribution in [0.1, 0.15) is 6.42 Å². The third-order valence-electron chi connectivity index (χ3n) is 4.20. The fourth-order valence-electron chi connectivity index (χ4n) is 2.98. The van der Waals surface area contributed by atoms with E-state index in [1.165, 1.54) is 0 Å². The summed E-state index contributed by atoms with van der Waals surface area (Å²) in [5.41, 5.74) is 7.22. The second-order valence-corrected chi connectivity index (χ2v) is 6.99. The number of halogens is 2. The quantitative estimate of drug-likeness (QED) is 0.582. The van der Waals surface area contributed by atoms with E-state index >= 15 is 0 Å². The van der Waals surface area contributed by atoms with Crippen molar-refractivity contribution in [1.82, 2.24) is 15.0 Å². The van der Waals surface area contributed by atoms with Crippen molar-refractivity contribution in [2.24, 2.45) is 5.73 Å². The van der Waals surface area contributed by atoms with E-state index < -0.39 is 0 Å². The highest BCUT2D eigenvalue weighted by Crippen LogP contribution is 2.26. The number of anilines is 3. The van der Waals surface area contributed by atoms with Crippen LogP contribution in [0.3, 0.4) is 0 Å². The third kappa shape index (κ3) is 3.67. The van der Waals surface area contributed by atoms with Gasteiger partial charge in [0.1, 0.15) is 11.2 Å². The first-order valence-corrected chi connectivity index (χ1v) is 8.82. The van der Waals surface area contributed by atoms with Gasteiger partial charge in [0, 0.05) is 35.5 Å². The molecule has 0 radical (unpaired) electrons. The van der Waals surface area contributed by atoms with E-state index in [4.69, 9.17) is 5.73 Å². The molecule has 1 aliphatic heterocycles. The van der Waals surface area contributed by atoms with Crippen molar-refractivity contribution >= 4 is 56.7 Å². The summed E-state index contributed by atoms with van der Waals surface area (Å²) >= 11 is 3.45. The van der Waals surface area contributed by atoms with Crippen LogP contribution in [0.2, 0.25) is 0 Å². The summed E-state index contributed by atoms with van der Waals surface area (Å²) in [7, 11) is 0. The number of hydrogen-bond acceptors (Lipinski definition) is 6. The summed E-state index contributed by atoms with van der Waals surface area (Å²) < 4.78 is 0.940. The molecular formula is C17H18BrClN6O. The molecule has 3 aromatic rings. The Morgan fingerprint density at radius 1 is 1.31 bits per heavy atom. The highest BCUT2D eigenvalue weighted by atomic mass is 79.9. The molecule has 3 heterocycles. The molecule has 2 aromatic heterocycles. The average molecular weight is 438 g/mol. The Labute approximate surface area is 164 Å². The highest BCUT2D eigenvalue weighted by Gasteiger charge is 2.23. The molecule has 136 valence electrons. The van der Waals surface area contributed by atoms with Gasteiger partial charge in [-0.2, -0.15) is 4.98 Å². The molecule has 7 nitrogen and oxygen atoms in total. The minimum Gasteiger partial charge on any atom is -0.339 e. The van der Waals surface area contributed by atoms with E-state index in [0.717, 1.165) is 23.1 Å². The lowest BCUT2D eigenvalue weighted by Crippen LogP contribution is -2.28. The molecule has 1 aliphatic rings. The number of aromatic nitrogens is 3. The van der Waals surface area contributed by atoms with E-state index in [1.807, 2.05) is 24.3 Å². The number of nitrogens with zero attached hydrogens (tertiary/aromatic N) is 3. The van der Waals surface area contributed by atoms with Gasteiger partial charge in [-0.3, -0.25) is 4.79 Å². The molecule has 4 N–H and O–H groups in total. The van der Waals surface area contributed by atoms with Crippen LogP contribution in [0.15, 0.2) is 45.8 Å². The second kappa shape index (κ2) is 7.61. The van der Waals surface area contributed by atoms with Crippen molar-refractivity contribution in [3.63, 3.8) is 0 Å². The maximum atomic E-state index is 12.3. The monoisotopic (exact) mass is 436 g/mol. The van der Waals surface area contributed by atoms with Gasteiger partial charge in [-0.25, -0.2) is 4.98 Å². The van der Waals surface area contributed by atoms with Crippen molar-refractivity contribution in [1.29, 1.82) is 0 Å². The zero-order valence-electron chi connectivity index (χ0n) is 13.8. The lowest BCUT2D eigenvalue weighted by molar-refractivity contribution is 0.750. The Morgan fingerprint density at radius 2 is 2.15 bits per heavy atom. The number of fused-ring (bicyclic) bond motifs is 1. The van der Waals surface area contributed by atoms with E-state index in [2.05, 4.69) is 41.1 Å². The maximum absolute atomic E-state index is 12.3. The van der Waals surface area contributed by atoms with Crippen molar-refractivity contribution in [3.05, 3.63) is 51.4 Å². The summed E-state index contributed by atoms with van der Waals surface area (Å²) in [4.78, 5) is 26.2. The molecule has 0 spiro atoms. The maximum Gasteiger partial charge on any atom is 0.261 e. The van der Waals surface area contributed by atoms with E-state index in [1.54, 1.807) is 12.3 Å². The first-order chi connectivity index (χ1) is 12.1. The fraction of sp³-hybridized carbons (Fsp3) is 0.235. The lowest BCUT2D eigenvalue weighted by Gasteiger charge is -2.18. The largest absolute Gasteiger partial charge is 0.339 e. The SMILES string of the molecule is Cl.N[C@@H]1CCN(c2nc(Nc3cccc(Br)c3)c3c(=O)[nH]ccc3n2)C1. The number of pyridine rings is 1. The smallest absolute Gasteiger partial charge is 0.261 e. The number of hydrogen-bond donors (Lipinski definition) is 3. The molecule has 0 amide bonds. The first kappa shape index (κ1) is 18.6. The van der Waals surface area contributed by atoms with Gasteiger partial charge in [0.2, 0.25) is 5.95 Å². The number of rotatable bonds is 3. The van der Waals surface area contributed by atoms with Crippen LogP contribution in [0.4, 0.5) is 17.5 Å². The van der Waals surface area contributed by atoms with Gasteiger partial charge < -0.3 is 20.9 Å². The lowest BCUT2D eigenvalue weighted by atomic mass is 10.2. The molecule has 26 heavy (non-hydrogen) atoms. The van der Waals surface area contributed by atoms with Crippen molar-refractivity contribution in [3.8, 4) is 0 Å². The van der Waals surface area contributed by atoms with Gasteiger partial charge in [-0.05, 0) is 30.7 Å². The zero-order valence-corrected chi connectivity index (χ0v) is 16.2. The predicted octanol–water partition coefficient (Wildman–Crippen LogP) is 2.78. The van der Waals surface area contributed by atoms with Crippen LogP contribution in [0, 0.1) is 0 Å². The van der Waals surface area contributed by atoms with Crippen LogP contribution in [0.5, 0.6) is 0 Å². The van der Waals surface area contributed by atoms with Gasteiger partial charge in [-0.1, -0.05) is 22.0 Å². The molecule has 1 atom stereocenters. The average Bonchev–Trinajstić information content (AvgIpc) is 3.01. The Bertz CT molecular complexity index is 994. The van der Waals surface area contributed by atoms with Crippen LogP contribution < -0.4 is 21.5 Å². The number of nitrogens with one attached hydrogen (secondary N) is 2. The van der Waals surface area contributed by atoms with E-state index in [9.17, 15) is 4.79 Å². The molecule has 9 heteroatoms. The van der Waals surface area contributed by atoms with E-state index in [0.29, 0.717) is 29.2 Å². The van der Waals surface area contributed by atoms with Crippen molar-refractivity contribution < 1.29 is 0 Å². The van der Waals surface area contributed by atoms with Crippen molar-refractivity contribution in [2.45, 2.75) is 12.5 Å². The number of H-pyrrole nitrogens is 1. The molecule has 0 saturated carbocycles. The summed E-state index contributed by atoms with van der Waals surface area (Å²) in [5.74, 6) is 1.07. The topological polar surface area (TPSA) is 99.9 Å². The predicted molar refractivity (Wildman–Crippen MR) is 110 cm³/mol. The van der Waals surface area contributed by atoms with Gasteiger partial charge in [-0.15, -0.1) is 12.4 Å².